The maximum Gasteiger partial charge on any atom is 0.324 e. The highest BCUT2D eigenvalue weighted by molar-refractivity contribution is 7.88. The molecule has 0 radical (unpaired) electrons. The van der Waals surface area contributed by atoms with Gasteiger partial charge in [-0.05, 0) is 23.1 Å². The minimum Gasteiger partial charge on any atom is -0.307 e. The van der Waals surface area contributed by atoms with Crippen molar-refractivity contribution in [2.45, 2.75) is 32.7 Å². The number of urea groups is 1. The molecule has 4 aromatic rings. The second-order valence-electron chi connectivity index (χ2n) is 10.0. The standard InChI is InChI=1S/C27H28N6O4S/c1-27(2,3)23-15-24(30-26(35)29-21-13-8-11-18-9-4-6-12-20(18)21)33(31-23)22-14-7-5-10-19(22)17-32-25(34)16-28-38(32,36)37/h4-15,28H,16-17H2,1-3H3,(H2,29,30,35). The van der Waals surface area contributed by atoms with E-state index in [2.05, 4.69) is 15.4 Å². The minimum absolute atomic E-state index is 0.170. The van der Waals surface area contributed by atoms with Gasteiger partial charge in [0.25, 0.3) is 5.91 Å². The summed E-state index contributed by atoms with van der Waals surface area (Å²) < 4.78 is 29.3. The molecule has 0 aliphatic carbocycles. The summed E-state index contributed by atoms with van der Waals surface area (Å²) in [6.07, 6.45) is 0. The van der Waals surface area contributed by atoms with Crippen LogP contribution in [0.15, 0.2) is 72.8 Å². The molecule has 5 rings (SSSR count). The van der Waals surface area contributed by atoms with Gasteiger partial charge in [-0.3, -0.25) is 10.1 Å². The van der Waals surface area contributed by atoms with E-state index in [-0.39, 0.29) is 18.5 Å². The van der Waals surface area contributed by atoms with Crippen LogP contribution in [-0.4, -0.2) is 41.0 Å². The molecule has 0 atom stereocenters. The Morgan fingerprint density at radius 1 is 1.00 bits per heavy atom. The molecule has 1 aliphatic rings. The van der Waals surface area contributed by atoms with Crippen molar-refractivity contribution < 1.29 is 18.0 Å². The molecule has 11 heteroatoms. The van der Waals surface area contributed by atoms with Gasteiger partial charge in [-0.2, -0.15) is 18.2 Å². The van der Waals surface area contributed by atoms with Crippen LogP contribution in [-0.2, 0) is 27.0 Å². The predicted octanol–water partition coefficient (Wildman–Crippen LogP) is 4.14. The molecule has 3 aromatic carbocycles. The second kappa shape index (κ2) is 9.58. The third kappa shape index (κ3) is 4.98. The first-order chi connectivity index (χ1) is 18.0. The molecule has 0 spiro atoms. The molecule has 3 N–H and O–H groups in total. The van der Waals surface area contributed by atoms with Crippen molar-refractivity contribution in [3.8, 4) is 5.69 Å². The Morgan fingerprint density at radius 2 is 1.71 bits per heavy atom. The lowest BCUT2D eigenvalue weighted by Gasteiger charge is -2.18. The van der Waals surface area contributed by atoms with Gasteiger partial charge in [0.15, 0.2) is 0 Å². The van der Waals surface area contributed by atoms with Gasteiger partial charge in [0, 0.05) is 16.9 Å². The summed E-state index contributed by atoms with van der Waals surface area (Å²) in [7, 11) is -3.91. The number of benzene rings is 3. The summed E-state index contributed by atoms with van der Waals surface area (Å²) in [4.78, 5) is 25.4. The lowest BCUT2D eigenvalue weighted by molar-refractivity contribution is -0.124. The van der Waals surface area contributed by atoms with Crippen molar-refractivity contribution in [3.63, 3.8) is 0 Å². The van der Waals surface area contributed by atoms with Crippen LogP contribution in [0.1, 0.15) is 32.0 Å². The van der Waals surface area contributed by atoms with E-state index in [1.54, 1.807) is 35.0 Å². The van der Waals surface area contributed by atoms with Crippen LogP contribution >= 0.6 is 0 Å². The third-order valence-corrected chi connectivity index (χ3v) is 7.69. The zero-order chi connectivity index (χ0) is 27.1. The van der Waals surface area contributed by atoms with E-state index >= 15 is 0 Å². The number of anilines is 2. The number of para-hydroxylation sites is 1. The molecule has 10 nitrogen and oxygen atoms in total. The number of carbonyl (C=O) groups excluding carboxylic acids is 2. The van der Waals surface area contributed by atoms with Crippen molar-refractivity contribution in [1.82, 2.24) is 18.8 Å². The quantitative estimate of drug-likeness (QED) is 0.356. The summed E-state index contributed by atoms with van der Waals surface area (Å²) in [5, 5.41) is 12.5. The maximum atomic E-state index is 13.2. The maximum absolute atomic E-state index is 13.2. The van der Waals surface area contributed by atoms with Crippen molar-refractivity contribution in [3.05, 3.63) is 84.1 Å². The van der Waals surface area contributed by atoms with E-state index in [0.717, 1.165) is 20.8 Å². The van der Waals surface area contributed by atoms with Crippen molar-refractivity contribution in [1.29, 1.82) is 0 Å². The van der Waals surface area contributed by atoms with Crippen LogP contribution in [0.5, 0.6) is 0 Å². The van der Waals surface area contributed by atoms with Gasteiger partial charge in [0.05, 0.1) is 30.2 Å². The highest BCUT2D eigenvalue weighted by atomic mass is 32.2. The second-order valence-corrected chi connectivity index (χ2v) is 11.7. The van der Waals surface area contributed by atoms with Gasteiger partial charge in [0.2, 0.25) is 0 Å². The van der Waals surface area contributed by atoms with Crippen LogP contribution in [0.25, 0.3) is 16.5 Å². The number of rotatable bonds is 5. The Morgan fingerprint density at radius 3 is 2.45 bits per heavy atom. The van der Waals surface area contributed by atoms with E-state index in [9.17, 15) is 18.0 Å². The fraction of sp³-hybridized carbons (Fsp3) is 0.222. The Kier molecular flexibility index (Phi) is 6.41. The van der Waals surface area contributed by atoms with E-state index in [1.165, 1.54) is 0 Å². The lowest BCUT2D eigenvalue weighted by Crippen LogP contribution is -2.32. The monoisotopic (exact) mass is 532 g/mol. The number of fused-ring (bicyclic) bond motifs is 1. The number of nitrogens with zero attached hydrogens (tertiary/aromatic N) is 3. The Hall–Kier alpha value is -4.22. The zero-order valence-corrected chi connectivity index (χ0v) is 22.0. The van der Waals surface area contributed by atoms with Crippen molar-refractivity contribution in [2.75, 3.05) is 17.2 Å². The average molecular weight is 533 g/mol. The SMILES string of the molecule is CC(C)(C)c1cc(NC(=O)Nc2cccc3ccccc23)n(-c2ccccc2CN2C(=O)CNS2(=O)=O)n1. The molecule has 0 unspecified atom stereocenters. The van der Waals surface area contributed by atoms with Crippen LogP contribution in [0.2, 0.25) is 0 Å². The Labute approximate surface area is 220 Å². The molecular formula is C27H28N6O4S. The first-order valence-corrected chi connectivity index (χ1v) is 13.5. The van der Waals surface area contributed by atoms with Crippen LogP contribution < -0.4 is 15.4 Å². The summed E-state index contributed by atoms with van der Waals surface area (Å²) in [6.45, 7) is 5.57. The predicted molar refractivity (Wildman–Crippen MR) is 146 cm³/mol. The molecule has 1 saturated heterocycles. The molecule has 196 valence electrons. The third-order valence-electron chi connectivity index (χ3n) is 6.27. The number of hydrogen-bond donors (Lipinski definition) is 3. The van der Waals surface area contributed by atoms with Crippen molar-refractivity contribution >= 4 is 44.4 Å². The Bertz CT molecular complexity index is 1650. The minimum atomic E-state index is -3.91. The van der Waals surface area contributed by atoms with E-state index in [0.29, 0.717) is 22.8 Å². The largest absolute Gasteiger partial charge is 0.324 e. The highest BCUT2D eigenvalue weighted by Gasteiger charge is 2.35. The van der Waals surface area contributed by atoms with Crippen LogP contribution in [0.3, 0.4) is 0 Å². The fourth-order valence-corrected chi connectivity index (χ4v) is 5.36. The molecule has 0 saturated carbocycles. The van der Waals surface area contributed by atoms with Crippen LogP contribution in [0.4, 0.5) is 16.3 Å². The van der Waals surface area contributed by atoms with E-state index < -0.39 is 22.1 Å². The van der Waals surface area contributed by atoms with Gasteiger partial charge in [-0.15, -0.1) is 0 Å². The normalized spacial score (nSPS) is 15.1. The molecular weight excluding hydrogens is 504 g/mol. The summed E-state index contributed by atoms with van der Waals surface area (Å²) >= 11 is 0. The topological polar surface area (TPSA) is 125 Å². The summed E-state index contributed by atoms with van der Waals surface area (Å²) in [6, 6.07) is 21.8. The molecule has 1 aliphatic heterocycles. The number of carbonyl (C=O) groups is 2. The number of amides is 3. The molecule has 38 heavy (non-hydrogen) atoms. The molecule has 3 amide bonds. The highest BCUT2D eigenvalue weighted by Crippen LogP contribution is 2.29. The zero-order valence-electron chi connectivity index (χ0n) is 21.2. The summed E-state index contributed by atoms with van der Waals surface area (Å²) in [5.74, 6) is -0.141. The number of hydrogen-bond acceptors (Lipinski definition) is 5. The number of aromatic nitrogens is 2. The average Bonchev–Trinajstić information content (AvgIpc) is 3.40. The number of nitrogens with one attached hydrogen (secondary N) is 3. The van der Waals surface area contributed by atoms with E-state index in [4.69, 9.17) is 5.10 Å². The molecule has 1 aromatic heterocycles. The molecule has 0 bridgehead atoms. The smallest absolute Gasteiger partial charge is 0.307 e. The first-order valence-electron chi connectivity index (χ1n) is 12.1. The van der Waals surface area contributed by atoms with Gasteiger partial charge in [-0.1, -0.05) is 75.4 Å². The van der Waals surface area contributed by atoms with Gasteiger partial charge < -0.3 is 5.32 Å². The molecule has 2 heterocycles. The van der Waals surface area contributed by atoms with E-state index in [1.807, 2.05) is 63.2 Å². The Balaban J connectivity index is 1.50. The van der Waals surface area contributed by atoms with Gasteiger partial charge in [-0.25, -0.2) is 13.8 Å². The van der Waals surface area contributed by atoms with Crippen LogP contribution in [0, 0.1) is 0 Å². The summed E-state index contributed by atoms with van der Waals surface area (Å²) in [5.41, 5.74) is 2.14. The fourth-order valence-electron chi connectivity index (χ4n) is 4.26. The van der Waals surface area contributed by atoms with Gasteiger partial charge in [0.1, 0.15) is 5.82 Å². The molecule has 1 fully saturated rings. The first kappa shape index (κ1) is 25.4. The van der Waals surface area contributed by atoms with Gasteiger partial charge >= 0.3 is 16.2 Å². The lowest BCUT2D eigenvalue weighted by atomic mass is 9.92. The van der Waals surface area contributed by atoms with Crippen molar-refractivity contribution in [2.24, 2.45) is 0 Å².